The number of unbranched alkanes of at least 4 members (excludes halogenated alkanes) is 9. The van der Waals surface area contributed by atoms with Gasteiger partial charge in [-0.3, -0.25) is 4.79 Å². The van der Waals surface area contributed by atoms with Gasteiger partial charge >= 0.3 is 5.97 Å². The number of rotatable bonds is 37. The molecule has 1 N–H and O–H groups in total. The number of carbonyl (C=O) groups excluding carboxylic acids is 1. The fourth-order valence-corrected chi connectivity index (χ4v) is 5.24. The molecule has 0 aromatic rings. The molecule has 0 aliphatic heterocycles. The lowest BCUT2D eigenvalue weighted by molar-refractivity contribution is -0.154. The van der Waals surface area contributed by atoms with E-state index >= 15 is 0 Å². The van der Waals surface area contributed by atoms with Gasteiger partial charge in [-0.05, 0) is 89.9 Å². The average molecular weight is 731 g/mol. The Morgan fingerprint density at radius 1 is 0.453 bits per heavy atom. The first-order valence-electron chi connectivity index (χ1n) is 21.1. The molecular formula is C49H78O4. The second kappa shape index (κ2) is 44.9. The molecule has 0 aromatic heterocycles. The summed E-state index contributed by atoms with van der Waals surface area (Å²) in [6.45, 7) is 4.88. The van der Waals surface area contributed by atoms with Crippen molar-refractivity contribution >= 4 is 5.97 Å². The fraction of sp³-hybridized carbons (Fsp3) is 0.571. The summed E-state index contributed by atoms with van der Waals surface area (Å²) in [6.07, 6.45) is 67.0. The summed E-state index contributed by atoms with van der Waals surface area (Å²) < 4.78 is 11.1. The van der Waals surface area contributed by atoms with E-state index in [1.54, 1.807) is 0 Å². The summed E-state index contributed by atoms with van der Waals surface area (Å²) in [6, 6.07) is 0. The third-order valence-corrected chi connectivity index (χ3v) is 8.30. The molecule has 53 heavy (non-hydrogen) atoms. The van der Waals surface area contributed by atoms with Gasteiger partial charge in [0.25, 0.3) is 0 Å². The van der Waals surface area contributed by atoms with Gasteiger partial charge < -0.3 is 14.6 Å². The first-order chi connectivity index (χ1) is 26.2. The lowest BCUT2D eigenvalue weighted by atomic mass is 10.1. The van der Waals surface area contributed by atoms with Crippen LogP contribution in [-0.2, 0) is 14.3 Å². The van der Waals surface area contributed by atoms with Gasteiger partial charge in [0.15, 0.2) is 0 Å². The fourth-order valence-electron chi connectivity index (χ4n) is 5.24. The zero-order valence-corrected chi connectivity index (χ0v) is 34.0. The maximum atomic E-state index is 12.2. The molecule has 0 aromatic carbocycles. The summed E-state index contributed by atoms with van der Waals surface area (Å²) in [5.74, 6) is -0.238. The van der Waals surface area contributed by atoms with Crippen LogP contribution in [0.4, 0.5) is 0 Å². The van der Waals surface area contributed by atoms with Gasteiger partial charge in [0, 0.05) is 6.42 Å². The van der Waals surface area contributed by atoms with Gasteiger partial charge in [0.2, 0.25) is 0 Å². The lowest BCUT2D eigenvalue weighted by Gasteiger charge is -2.15. The summed E-state index contributed by atoms with van der Waals surface area (Å²) in [5.41, 5.74) is 0. The Labute approximate surface area is 327 Å². The summed E-state index contributed by atoms with van der Waals surface area (Å²) in [5, 5.41) is 9.59. The monoisotopic (exact) mass is 731 g/mol. The molecule has 0 radical (unpaired) electrons. The molecule has 0 spiro atoms. The van der Waals surface area contributed by atoms with E-state index in [1.165, 1.54) is 44.9 Å². The molecule has 0 amide bonds. The van der Waals surface area contributed by atoms with Crippen molar-refractivity contribution in [1.29, 1.82) is 0 Å². The van der Waals surface area contributed by atoms with Crippen molar-refractivity contribution in [2.75, 3.05) is 19.8 Å². The van der Waals surface area contributed by atoms with Crippen molar-refractivity contribution in [3.05, 3.63) is 122 Å². The van der Waals surface area contributed by atoms with Gasteiger partial charge in [-0.2, -0.15) is 0 Å². The molecule has 0 rings (SSSR count). The lowest BCUT2D eigenvalue weighted by Crippen LogP contribution is -2.27. The zero-order chi connectivity index (χ0) is 38.4. The molecule has 0 saturated carbocycles. The number of ether oxygens (including phenoxy) is 2. The van der Waals surface area contributed by atoms with Crippen LogP contribution < -0.4 is 0 Å². The molecule has 4 heteroatoms. The zero-order valence-electron chi connectivity index (χ0n) is 34.0. The van der Waals surface area contributed by atoms with Crippen LogP contribution in [0.3, 0.4) is 0 Å². The summed E-state index contributed by atoms with van der Waals surface area (Å²) >= 11 is 0. The quantitative estimate of drug-likeness (QED) is 0.0393. The normalized spacial score (nSPS) is 13.6. The smallest absolute Gasteiger partial charge is 0.306 e. The minimum absolute atomic E-state index is 0.213. The number of hydrogen-bond acceptors (Lipinski definition) is 4. The largest absolute Gasteiger partial charge is 0.457 e. The van der Waals surface area contributed by atoms with E-state index in [1.807, 2.05) is 0 Å². The Hall–Kier alpha value is -3.21. The van der Waals surface area contributed by atoms with Crippen LogP contribution in [-0.4, -0.2) is 37.0 Å². The first-order valence-corrected chi connectivity index (χ1v) is 21.1. The third-order valence-electron chi connectivity index (χ3n) is 8.30. The molecule has 0 saturated heterocycles. The Bertz CT molecular complexity index is 1080. The molecule has 0 bridgehead atoms. The Morgan fingerprint density at radius 2 is 0.792 bits per heavy atom. The van der Waals surface area contributed by atoms with E-state index in [-0.39, 0.29) is 19.2 Å². The van der Waals surface area contributed by atoms with Gasteiger partial charge in [-0.25, -0.2) is 0 Å². The standard InChI is InChI=1S/C49H78O4/c1-3-5-7-9-11-13-15-17-19-21-22-23-24-25-26-27-28-29-30-32-34-36-38-40-42-44-49(51)53-48(46-50)47-52-45-43-41-39-37-35-33-31-20-18-16-14-12-10-8-6-4-2/h5-8,11-14,17-20,22-23,25-26,33,35,39,41,48,50H,3-4,9-10,15-16,21,24,27-32,34,36-38,40,42-47H2,1-2H3/b7-5-,8-6-,13-11-,14-12-,19-17-,20-18-,23-22-,26-25-,35-33-,41-39-. The van der Waals surface area contributed by atoms with Crippen LogP contribution in [0.15, 0.2) is 122 Å². The minimum Gasteiger partial charge on any atom is -0.457 e. The minimum atomic E-state index is -0.586. The van der Waals surface area contributed by atoms with Crippen LogP contribution in [0.1, 0.15) is 155 Å². The maximum absolute atomic E-state index is 12.2. The molecule has 1 unspecified atom stereocenters. The van der Waals surface area contributed by atoms with E-state index in [9.17, 15) is 9.90 Å². The van der Waals surface area contributed by atoms with E-state index < -0.39 is 6.10 Å². The molecule has 0 heterocycles. The first kappa shape index (κ1) is 49.8. The Kier molecular flexibility index (Phi) is 42.2. The van der Waals surface area contributed by atoms with Crippen LogP contribution in [0.25, 0.3) is 0 Å². The van der Waals surface area contributed by atoms with Crippen molar-refractivity contribution in [2.24, 2.45) is 0 Å². The SMILES string of the molecule is CC/C=C\C/C=C\C/C=C\C/C=C\C/C=C\CCCCCCCCCCCC(=O)OC(CO)COCC/C=C\C/C=C\C/C=C\C/C=C\C/C=C\CC. The molecule has 1 atom stereocenters. The number of esters is 1. The van der Waals surface area contributed by atoms with Crippen molar-refractivity contribution in [2.45, 2.75) is 161 Å². The Balaban J connectivity index is 3.59. The van der Waals surface area contributed by atoms with Gasteiger partial charge in [-0.1, -0.05) is 180 Å². The topological polar surface area (TPSA) is 55.8 Å². The maximum Gasteiger partial charge on any atom is 0.306 e. The van der Waals surface area contributed by atoms with E-state index in [2.05, 4.69) is 135 Å². The van der Waals surface area contributed by atoms with Gasteiger partial charge in [0.1, 0.15) is 6.10 Å². The Morgan fingerprint density at radius 3 is 1.19 bits per heavy atom. The molecular weight excluding hydrogens is 653 g/mol. The van der Waals surface area contributed by atoms with Crippen molar-refractivity contribution in [1.82, 2.24) is 0 Å². The van der Waals surface area contributed by atoms with E-state index in [0.717, 1.165) is 89.9 Å². The number of aliphatic hydroxyl groups excluding tert-OH is 1. The highest BCUT2D eigenvalue weighted by Crippen LogP contribution is 2.12. The van der Waals surface area contributed by atoms with Crippen molar-refractivity contribution in [3.63, 3.8) is 0 Å². The molecule has 0 aliphatic rings. The van der Waals surface area contributed by atoms with Crippen molar-refractivity contribution in [3.8, 4) is 0 Å². The summed E-state index contributed by atoms with van der Waals surface area (Å²) in [7, 11) is 0. The van der Waals surface area contributed by atoms with Gasteiger partial charge in [0.05, 0.1) is 19.8 Å². The van der Waals surface area contributed by atoms with Crippen LogP contribution >= 0.6 is 0 Å². The second-order valence-corrected chi connectivity index (χ2v) is 13.3. The predicted octanol–water partition coefficient (Wildman–Crippen LogP) is 14.1. The van der Waals surface area contributed by atoms with Crippen LogP contribution in [0, 0.1) is 0 Å². The highest BCUT2D eigenvalue weighted by molar-refractivity contribution is 5.69. The molecule has 4 nitrogen and oxygen atoms in total. The number of aliphatic hydroxyl groups is 1. The van der Waals surface area contributed by atoms with Crippen LogP contribution in [0.5, 0.6) is 0 Å². The second-order valence-electron chi connectivity index (χ2n) is 13.3. The molecule has 0 fully saturated rings. The predicted molar refractivity (Wildman–Crippen MR) is 232 cm³/mol. The number of allylic oxidation sites excluding steroid dienone is 19. The van der Waals surface area contributed by atoms with E-state index in [4.69, 9.17) is 9.47 Å². The van der Waals surface area contributed by atoms with E-state index in [0.29, 0.717) is 13.0 Å². The molecule has 0 aliphatic carbocycles. The van der Waals surface area contributed by atoms with Crippen LogP contribution in [0.2, 0.25) is 0 Å². The van der Waals surface area contributed by atoms with Crippen molar-refractivity contribution < 1.29 is 19.4 Å². The number of carbonyl (C=O) groups is 1. The van der Waals surface area contributed by atoms with Gasteiger partial charge in [-0.15, -0.1) is 0 Å². The highest BCUT2D eigenvalue weighted by Gasteiger charge is 2.13. The summed E-state index contributed by atoms with van der Waals surface area (Å²) in [4.78, 5) is 12.2. The average Bonchev–Trinajstić information content (AvgIpc) is 3.16. The highest BCUT2D eigenvalue weighted by atomic mass is 16.6. The third kappa shape index (κ3) is 43.1. The molecule has 298 valence electrons. The number of hydrogen-bond donors (Lipinski definition) is 1.